The van der Waals surface area contributed by atoms with Crippen molar-refractivity contribution >= 4 is 27.3 Å². The van der Waals surface area contributed by atoms with E-state index in [0.29, 0.717) is 10.2 Å². The van der Waals surface area contributed by atoms with Crippen LogP contribution in [-0.2, 0) is 4.74 Å². The fourth-order valence-corrected chi connectivity index (χ4v) is 2.70. The second kappa shape index (κ2) is 5.67. The summed E-state index contributed by atoms with van der Waals surface area (Å²) in [7, 11) is 1.68. The molecule has 1 aliphatic rings. The van der Waals surface area contributed by atoms with Crippen molar-refractivity contribution in [2.45, 2.75) is 31.4 Å². The van der Waals surface area contributed by atoms with Crippen LogP contribution in [0.2, 0.25) is 0 Å². The van der Waals surface area contributed by atoms with Crippen molar-refractivity contribution < 1.29 is 9.66 Å². The van der Waals surface area contributed by atoms with Crippen LogP contribution in [0.5, 0.6) is 0 Å². The Hall–Kier alpha value is -1.14. The molecule has 1 fully saturated rings. The zero-order valence-electron chi connectivity index (χ0n) is 10.1. The van der Waals surface area contributed by atoms with Gasteiger partial charge in [0.05, 0.1) is 17.1 Å². The number of methoxy groups -OCH3 is 1. The van der Waals surface area contributed by atoms with Crippen molar-refractivity contribution in [2.24, 2.45) is 0 Å². The molecule has 2 atom stereocenters. The molecule has 2 unspecified atom stereocenters. The number of nitrogens with zero attached hydrogens (tertiary/aromatic N) is 1. The highest BCUT2D eigenvalue weighted by atomic mass is 79.9. The Kier molecular flexibility index (Phi) is 4.19. The number of ether oxygens (including phenoxy) is 1. The minimum Gasteiger partial charge on any atom is -0.379 e. The molecule has 5 nitrogen and oxygen atoms in total. The normalized spacial score (nSPS) is 23.0. The number of halogens is 1. The fraction of sp³-hybridized carbons (Fsp3) is 0.500. The van der Waals surface area contributed by atoms with Crippen LogP contribution in [0.1, 0.15) is 19.3 Å². The molecule has 0 radical (unpaired) electrons. The first-order chi connectivity index (χ1) is 8.61. The first-order valence-corrected chi connectivity index (χ1v) is 6.64. The molecule has 1 aliphatic carbocycles. The molecule has 0 heterocycles. The molecule has 1 N–H and O–H groups in total. The SMILES string of the molecule is COC1CCCC1Nc1ccc(Br)cc1[N+](=O)[O-]. The van der Waals surface area contributed by atoms with E-state index in [0.717, 1.165) is 19.3 Å². The van der Waals surface area contributed by atoms with Gasteiger partial charge in [0.15, 0.2) is 0 Å². The first kappa shape index (κ1) is 13.3. The van der Waals surface area contributed by atoms with Gasteiger partial charge in [0.1, 0.15) is 5.69 Å². The summed E-state index contributed by atoms with van der Waals surface area (Å²) in [5.74, 6) is 0. The molecule has 6 heteroatoms. The molecule has 0 aliphatic heterocycles. The number of hydrogen-bond acceptors (Lipinski definition) is 4. The van der Waals surface area contributed by atoms with Gasteiger partial charge in [-0.3, -0.25) is 10.1 Å². The Morgan fingerprint density at radius 1 is 1.50 bits per heavy atom. The number of nitro benzene ring substituents is 1. The molecule has 98 valence electrons. The molecule has 1 saturated carbocycles. The maximum atomic E-state index is 11.0. The Balaban J connectivity index is 2.20. The predicted octanol–water partition coefficient (Wildman–Crippen LogP) is 3.34. The summed E-state index contributed by atoms with van der Waals surface area (Å²) in [6.07, 6.45) is 3.19. The molecule has 18 heavy (non-hydrogen) atoms. The third-order valence-electron chi connectivity index (χ3n) is 3.25. The van der Waals surface area contributed by atoms with Crippen molar-refractivity contribution in [1.29, 1.82) is 0 Å². The molecule has 1 aromatic carbocycles. The highest BCUT2D eigenvalue weighted by molar-refractivity contribution is 9.10. The van der Waals surface area contributed by atoms with Crippen molar-refractivity contribution in [1.82, 2.24) is 0 Å². The smallest absolute Gasteiger partial charge is 0.293 e. The maximum Gasteiger partial charge on any atom is 0.293 e. The van der Waals surface area contributed by atoms with Crippen LogP contribution >= 0.6 is 15.9 Å². The van der Waals surface area contributed by atoms with E-state index in [1.54, 1.807) is 19.2 Å². The van der Waals surface area contributed by atoms with Gasteiger partial charge in [0.25, 0.3) is 5.69 Å². The van der Waals surface area contributed by atoms with Gasteiger partial charge in [0.2, 0.25) is 0 Å². The van der Waals surface area contributed by atoms with Crippen molar-refractivity contribution in [3.63, 3.8) is 0 Å². The maximum absolute atomic E-state index is 11.0. The summed E-state index contributed by atoms with van der Waals surface area (Å²) < 4.78 is 6.08. The van der Waals surface area contributed by atoms with Gasteiger partial charge < -0.3 is 10.1 Å². The van der Waals surface area contributed by atoms with Crippen LogP contribution in [0.15, 0.2) is 22.7 Å². The van der Waals surface area contributed by atoms with Crippen molar-refractivity contribution in [2.75, 3.05) is 12.4 Å². The van der Waals surface area contributed by atoms with Crippen molar-refractivity contribution in [3.8, 4) is 0 Å². The van der Waals surface area contributed by atoms with E-state index < -0.39 is 0 Å². The summed E-state index contributed by atoms with van der Waals surface area (Å²) in [5.41, 5.74) is 0.642. The third kappa shape index (κ3) is 2.81. The lowest BCUT2D eigenvalue weighted by Crippen LogP contribution is -2.29. The lowest BCUT2D eigenvalue weighted by Gasteiger charge is -2.20. The standard InChI is InChI=1S/C12H15BrN2O3/c1-18-12-4-2-3-10(12)14-9-6-5-8(13)7-11(9)15(16)17/h5-7,10,12,14H,2-4H2,1H3. The topological polar surface area (TPSA) is 64.4 Å². The Bertz CT molecular complexity index is 453. The van der Waals surface area contributed by atoms with Gasteiger partial charge in [0, 0.05) is 17.6 Å². The zero-order chi connectivity index (χ0) is 13.1. The van der Waals surface area contributed by atoms with E-state index in [-0.39, 0.29) is 22.8 Å². The first-order valence-electron chi connectivity index (χ1n) is 5.85. The Morgan fingerprint density at radius 2 is 2.28 bits per heavy atom. The number of anilines is 1. The van der Waals surface area contributed by atoms with Crippen LogP contribution in [0.3, 0.4) is 0 Å². The lowest BCUT2D eigenvalue weighted by molar-refractivity contribution is -0.384. The molecule has 0 bridgehead atoms. The average Bonchev–Trinajstić information content (AvgIpc) is 2.78. The highest BCUT2D eigenvalue weighted by Crippen LogP contribution is 2.32. The number of nitrogens with one attached hydrogen (secondary N) is 1. The van der Waals surface area contributed by atoms with E-state index >= 15 is 0 Å². The average molecular weight is 315 g/mol. The van der Waals surface area contributed by atoms with Crippen LogP contribution < -0.4 is 5.32 Å². The van der Waals surface area contributed by atoms with E-state index in [2.05, 4.69) is 21.2 Å². The summed E-state index contributed by atoms with van der Waals surface area (Å²) in [4.78, 5) is 10.6. The van der Waals surface area contributed by atoms with Crippen LogP contribution in [0.4, 0.5) is 11.4 Å². The molecule has 0 spiro atoms. The van der Waals surface area contributed by atoms with Gasteiger partial charge in [-0.1, -0.05) is 15.9 Å². The van der Waals surface area contributed by atoms with Gasteiger partial charge in [-0.15, -0.1) is 0 Å². The Morgan fingerprint density at radius 3 is 2.94 bits per heavy atom. The summed E-state index contributed by atoms with van der Waals surface area (Å²) in [6.45, 7) is 0. The molecule has 1 aromatic rings. The molecule has 2 rings (SSSR count). The van der Waals surface area contributed by atoms with Crippen molar-refractivity contribution in [3.05, 3.63) is 32.8 Å². The second-order valence-corrected chi connectivity index (χ2v) is 5.29. The lowest BCUT2D eigenvalue weighted by atomic mass is 10.2. The van der Waals surface area contributed by atoms with E-state index in [1.165, 1.54) is 6.07 Å². The molecule has 0 amide bonds. The molecule has 0 saturated heterocycles. The number of hydrogen-bond donors (Lipinski definition) is 1. The van der Waals surface area contributed by atoms with Gasteiger partial charge in [-0.25, -0.2) is 0 Å². The fourth-order valence-electron chi connectivity index (χ4n) is 2.35. The second-order valence-electron chi connectivity index (χ2n) is 4.37. The quantitative estimate of drug-likeness (QED) is 0.684. The van der Waals surface area contributed by atoms with Gasteiger partial charge >= 0.3 is 0 Å². The summed E-state index contributed by atoms with van der Waals surface area (Å²) in [5, 5.41) is 14.2. The van der Waals surface area contributed by atoms with Crippen LogP contribution in [-0.4, -0.2) is 24.2 Å². The Labute approximate surface area is 114 Å². The monoisotopic (exact) mass is 314 g/mol. The van der Waals surface area contributed by atoms with Crippen LogP contribution in [0.25, 0.3) is 0 Å². The number of benzene rings is 1. The van der Waals surface area contributed by atoms with E-state index in [9.17, 15) is 10.1 Å². The van der Waals surface area contributed by atoms with Crippen LogP contribution in [0, 0.1) is 10.1 Å². The summed E-state index contributed by atoms with van der Waals surface area (Å²) >= 11 is 3.25. The minimum atomic E-state index is -0.371. The number of rotatable bonds is 4. The molecular formula is C12H15BrN2O3. The van der Waals surface area contributed by atoms with Gasteiger partial charge in [-0.2, -0.15) is 0 Å². The van der Waals surface area contributed by atoms with Gasteiger partial charge in [-0.05, 0) is 31.4 Å². The molecule has 0 aromatic heterocycles. The molecular weight excluding hydrogens is 300 g/mol. The van der Waals surface area contributed by atoms with E-state index in [4.69, 9.17) is 4.74 Å². The highest BCUT2D eigenvalue weighted by Gasteiger charge is 2.28. The predicted molar refractivity (Wildman–Crippen MR) is 72.9 cm³/mol. The van der Waals surface area contributed by atoms with E-state index in [1.807, 2.05) is 0 Å². The number of nitro groups is 1. The minimum absolute atomic E-state index is 0.0890. The largest absolute Gasteiger partial charge is 0.379 e. The zero-order valence-corrected chi connectivity index (χ0v) is 11.6. The third-order valence-corrected chi connectivity index (χ3v) is 3.75. The summed E-state index contributed by atoms with van der Waals surface area (Å²) in [6, 6.07) is 5.19.